The predicted octanol–water partition coefficient (Wildman–Crippen LogP) is 2.32. The van der Waals surface area contributed by atoms with Crippen molar-refractivity contribution in [1.29, 1.82) is 0 Å². The van der Waals surface area contributed by atoms with Crippen molar-refractivity contribution in [1.82, 2.24) is 0 Å². The lowest BCUT2D eigenvalue weighted by molar-refractivity contribution is -0.119. The van der Waals surface area contributed by atoms with Crippen molar-refractivity contribution in [2.45, 2.75) is 33.1 Å². The van der Waals surface area contributed by atoms with Gasteiger partial charge in [0.25, 0.3) is 0 Å². The molecule has 0 spiro atoms. The van der Waals surface area contributed by atoms with Crippen molar-refractivity contribution in [2.24, 2.45) is 5.92 Å². The Bertz CT molecular complexity index is 168. The summed E-state index contributed by atoms with van der Waals surface area (Å²) in [5, 5.41) is 0. The molecule has 0 aromatic heterocycles. The lowest BCUT2D eigenvalue weighted by Gasteiger charge is -2.17. The maximum atomic E-state index is 11.3. The fourth-order valence-corrected chi connectivity index (χ4v) is 1.44. The summed E-state index contributed by atoms with van der Waals surface area (Å²) in [5.74, 6) is 0.693. The molecule has 1 nitrogen and oxygen atoms in total. The molecule has 0 aromatic rings. The smallest absolute Gasteiger partial charge is 0.161 e. The van der Waals surface area contributed by atoms with Crippen LogP contribution in [0, 0.1) is 5.92 Å². The van der Waals surface area contributed by atoms with Gasteiger partial charge in [0, 0.05) is 5.92 Å². The highest BCUT2D eigenvalue weighted by Crippen LogP contribution is 2.22. The number of carbonyl (C=O) groups excluding carboxylic acids is 1. The van der Waals surface area contributed by atoms with E-state index in [1.807, 2.05) is 6.92 Å². The van der Waals surface area contributed by atoms with Crippen LogP contribution in [0.4, 0.5) is 0 Å². The molecule has 0 saturated heterocycles. The minimum Gasteiger partial charge on any atom is -0.294 e. The normalized spacial score (nSPS) is 26.4. The molecule has 0 fully saturated rings. The van der Waals surface area contributed by atoms with Crippen LogP contribution in [0.15, 0.2) is 11.6 Å². The Balaban J connectivity index is 2.68. The van der Waals surface area contributed by atoms with Crippen molar-refractivity contribution in [2.75, 3.05) is 0 Å². The molecule has 0 aromatic carbocycles. The van der Waals surface area contributed by atoms with Crippen LogP contribution in [0.1, 0.15) is 33.1 Å². The van der Waals surface area contributed by atoms with Crippen LogP contribution in [0.2, 0.25) is 0 Å². The molecule has 1 aliphatic rings. The Kier molecular flexibility index (Phi) is 2.25. The van der Waals surface area contributed by atoms with E-state index in [2.05, 4.69) is 13.0 Å². The first-order valence-electron chi connectivity index (χ1n) is 3.96. The quantitative estimate of drug-likeness (QED) is 0.543. The summed E-state index contributed by atoms with van der Waals surface area (Å²) in [4.78, 5) is 11.3. The summed E-state index contributed by atoms with van der Waals surface area (Å²) in [7, 11) is 0. The van der Waals surface area contributed by atoms with Crippen molar-refractivity contribution in [3.63, 3.8) is 0 Å². The number of hydrogen-bond acceptors (Lipinski definition) is 1. The SMILES string of the molecule is CCC1CCC=C(C)C1=O. The van der Waals surface area contributed by atoms with Gasteiger partial charge in [0.15, 0.2) is 5.78 Å². The molecule has 1 rings (SSSR count). The summed E-state index contributed by atoms with van der Waals surface area (Å²) in [6, 6.07) is 0. The molecule has 0 saturated carbocycles. The van der Waals surface area contributed by atoms with Gasteiger partial charge in [-0.2, -0.15) is 0 Å². The van der Waals surface area contributed by atoms with E-state index in [0.717, 1.165) is 24.8 Å². The van der Waals surface area contributed by atoms with Gasteiger partial charge in [-0.15, -0.1) is 0 Å². The van der Waals surface area contributed by atoms with Crippen molar-refractivity contribution in [3.8, 4) is 0 Å². The van der Waals surface area contributed by atoms with E-state index in [0.29, 0.717) is 11.7 Å². The fraction of sp³-hybridized carbons (Fsp3) is 0.667. The van der Waals surface area contributed by atoms with E-state index in [1.165, 1.54) is 0 Å². The van der Waals surface area contributed by atoms with Crippen LogP contribution in [-0.4, -0.2) is 5.78 Å². The second-order valence-corrected chi connectivity index (χ2v) is 2.93. The Morgan fingerprint density at radius 3 is 2.90 bits per heavy atom. The van der Waals surface area contributed by atoms with Crippen molar-refractivity contribution < 1.29 is 4.79 Å². The highest BCUT2D eigenvalue weighted by Gasteiger charge is 2.20. The molecule has 0 bridgehead atoms. The summed E-state index contributed by atoms with van der Waals surface area (Å²) >= 11 is 0. The first kappa shape index (κ1) is 7.52. The molecule has 0 aliphatic heterocycles. The number of carbonyl (C=O) groups is 1. The van der Waals surface area contributed by atoms with Crippen LogP contribution in [0.25, 0.3) is 0 Å². The second-order valence-electron chi connectivity index (χ2n) is 2.93. The van der Waals surface area contributed by atoms with Gasteiger partial charge in [0.05, 0.1) is 0 Å². The highest BCUT2D eigenvalue weighted by atomic mass is 16.1. The van der Waals surface area contributed by atoms with Gasteiger partial charge in [0.2, 0.25) is 0 Å². The van der Waals surface area contributed by atoms with Gasteiger partial charge in [-0.25, -0.2) is 0 Å². The van der Waals surface area contributed by atoms with Crippen LogP contribution in [0.5, 0.6) is 0 Å². The van der Waals surface area contributed by atoms with E-state index in [-0.39, 0.29) is 0 Å². The molecule has 1 aliphatic carbocycles. The lowest BCUT2D eigenvalue weighted by atomic mass is 9.86. The maximum absolute atomic E-state index is 11.3. The third-order valence-corrected chi connectivity index (χ3v) is 2.22. The molecule has 1 heteroatoms. The average molecular weight is 138 g/mol. The number of allylic oxidation sites excluding steroid dienone is 2. The zero-order valence-electron chi connectivity index (χ0n) is 6.68. The van der Waals surface area contributed by atoms with E-state index in [4.69, 9.17) is 0 Å². The highest BCUT2D eigenvalue weighted by molar-refractivity contribution is 5.97. The Hall–Kier alpha value is -0.590. The summed E-state index contributed by atoms with van der Waals surface area (Å²) < 4.78 is 0. The number of ketones is 1. The molecule has 56 valence electrons. The first-order valence-corrected chi connectivity index (χ1v) is 3.96. The van der Waals surface area contributed by atoms with Crippen LogP contribution >= 0.6 is 0 Å². The number of Topliss-reactive ketones (excluding diaryl/α,β-unsaturated/α-hetero) is 1. The lowest BCUT2D eigenvalue weighted by Crippen LogP contribution is -2.17. The molecule has 0 amide bonds. The average Bonchev–Trinajstić information content (AvgIpc) is 1.95. The molecule has 10 heavy (non-hydrogen) atoms. The topological polar surface area (TPSA) is 17.1 Å². The monoisotopic (exact) mass is 138 g/mol. The second kappa shape index (κ2) is 3.00. The summed E-state index contributed by atoms with van der Waals surface area (Å²) in [6.07, 6.45) is 5.21. The first-order chi connectivity index (χ1) is 4.75. The molecular formula is C9H14O. The maximum Gasteiger partial charge on any atom is 0.161 e. The van der Waals surface area contributed by atoms with E-state index >= 15 is 0 Å². The third-order valence-electron chi connectivity index (χ3n) is 2.22. The van der Waals surface area contributed by atoms with Gasteiger partial charge in [-0.3, -0.25) is 4.79 Å². The Labute approximate surface area is 62.1 Å². The fourth-order valence-electron chi connectivity index (χ4n) is 1.44. The van der Waals surface area contributed by atoms with Crippen molar-refractivity contribution >= 4 is 5.78 Å². The van der Waals surface area contributed by atoms with Crippen molar-refractivity contribution in [3.05, 3.63) is 11.6 Å². The standard InChI is InChI=1S/C9H14O/c1-3-8-6-4-5-7(2)9(8)10/h5,8H,3-4,6H2,1-2H3. The molecule has 1 atom stereocenters. The predicted molar refractivity (Wildman–Crippen MR) is 41.8 cm³/mol. The van der Waals surface area contributed by atoms with Gasteiger partial charge < -0.3 is 0 Å². The zero-order chi connectivity index (χ0) is 7.56. The molecular weight excluding hydrogens is 124 g/mol. The molecule has 0 N–H and O–H groups in total. The molecule has 0 heterocycles. The summed E-state index contributed by atoms with van der Waals surface area (Å²) in [5.41, 5.74) is 0.970. The number of hydrogen-bond donors (Lipinski definition) is 0. The minimum atomic E-state index is 0.324. The van der Waals surface area contributed by atoms with Crippen LogP contribution < -0.4 is 0 Å². The number of rotatable bonds is 1. The van der Waals surface area contributed by atoms with Gasteiger partial charge in [-0.1, -0.05) is 13.0 Å². The van der Waals surface area contributed by atoms with Gasteiger partial charge >= 0.3 is 0 Å². The largest absolute Gasteiger partial charge is 0.294 e. The van der Waals surface area contributed by atoms with Crippen LogP contribution in [0.3, 0.4) is 0 Å². The van der Waals surface area contributed by atoms with Gasteiger partial charge in [0.1, 0.15) is 0 Å². The molecule has 0 radical (unpaired) electrons. The van der Waals surface area contributed by atoms with E-state index < -0.39 is 0 Å². The van der Waals surface area contributed by atoms with Crippen LogP contribution in [-0.2, 0) is 4.79 Å². The van der Waals surface area contributed by atoms with Gasteiger partial charge in [-0.05, 0) is 31.8 Å². The van der Waals surface area contributed by atoms with E-state index in [1.54, 1.807) is 0 Å². The Morgan fingerprint density at radius 2 is 2.40 bits per heavy atom. The zero-order valence-corrected chi connectivity index (χ0v) is 6.68. The Morgan fingerprint density at radius 1 is 1.70 bits per heavy atom. The van der Waals surface area contributed by atoms with E-state index in [9.17, 15) is 4.79 Å². The molecule has 1 unspecified atom stereocenters. The minimum absolute atomic E-state index is 0.324. The summed E-state index contributed by atoms with van der Waals surface area (Å²) in [6.45, 7) is 4.01. The third kappa shape index (κ3) is 1.28.